The zero-order valence-corrected chi connectivity index (χ0v) is 20.5. The van der Waals surface area contributed by atoms with Crippen molar-refractivity contribution in [3.05, 3.63) is 76.7 Å². The van der Waals surface area contributed by atoms with Crippen molar-refractivity contribution in [2.45, 2.75) is 51.9 Å². The van der Waals surface area contributed by atoms with Crippen LogP contribution in [-0.4, -0.2) is 20.7 Å². The smallest absolute Gasteiger partial charge is 0.310 e. The second kappa shape index (κ2) is 13.8. The fourth-order valence-electron chi connectivity index (χ4n) is 3.77. The molecule has 2 aromatic rings. The Labute approximate surface area is 216 Å². The summed E-state index contributed by atoms with van der Waals surface area (Å²) < 4.78 is 0. The first-order valence-electron chi connectivity index (χ1n) is 11.7. The van der Waals surface area contributed by atoms with Crippen molar-refractivity contribution in [3.8, 4) is 12.1 Å². The van der Waals surface area contributed by atoms with Gasteiger partial charge in [0.2, 0.25) is 5.91 Å². The highest BCUT2D eigenvalue weighted by molar-refractivity contribution is 5.97. The van der Waals surface area contributed by atoms with E-state index in [1.807, 2.05) is 6.92 Å². The van der Waals surface area contributed by atoms with Gasteiger partial charge in [-0.2, -0.15) is 10.5 Å². The molecular weight excluding hydrogens is 496 g/mol. The Morgan fingerprint density at radius 2 is 1.53 bits per heavy atom. The van der Waals surface area contributed by atoms with Gasteiger partial charge in [0.05, 0.1) is 20.8 Å². The van der Waals surface area contributed by atoms with Gasteiger partial charge in [-0.15, -0.1) is 0 Å². The molecule has 13 nitrogen and oxygen atoms in total. The van der Waals surface area contributed by atoms with Crippen molar-refractivity contribution in [2.75, 3.05) is 5.32 Å². The third-order valence-corrected chi connectivity index (χ3v) is 5.67. The minimum Gasteiger partial charge on any atom is -0.315 e. The first-order chi connectivity index (χ1) is 18.1. The van der Waals surface area contributed by atoms with Crippen LogP contribution in [0.4, 0.5) is 22.7 Å². The number of nitrogens with zero attached hydrogens (tertiary/aromatic N) is 5. The van der Waals surface area contributed by atoms with Crippen LogP contribution in [0.25, 0.3) is 11.6 Å². The van der Waals surface area contributed by atoms with Gasteiger partial charge in [-0.25, -0.2) is 0 Å². The van der Waals surface area contributed by atoms with Gasteiger partial charge in [0.1, 0.15) is 23.3 Å². The molecule has 0 aliphatic carbocycles. The number of nitriles is 2. The molecule has 0 bridgehead atoms. The van der Waals surface area contributed by atoms with Gasteiger partial charge >= 0.3 is 11.4 Å². The normalized spacial score (nSPS) is 10.1. The van der Waals surface area contributed by atoms with E-state index in [1.54, 1.807) is 12.1 Å². The van der Waals surface area contributed by atoms with Crippen LogP contribution >= 0.6 is 0 Å². The van der Waals surface area contributed by atoms with Crippen molar-refractivity contribution in [3.63, 3.8) is 0 Å². The Morgan fingerprint density at radius 1 is 0.921 bits per heavy atom. The van der Waals surface area contributed by atoms with Crippen LogP contribution in [-0.2, 0) is 11.2 Å². The second-order valence-electron chi connectivity index (χ2n) is 8.23. The molecule has 13 heteroatoms. The molecule has 0 spiro atoms. The lowest BCUT2D eigenvalue weighted by Gasteiger charge is -2.10. The zero-order valence-electron chi connectivity index (χ0n) is 20.5. The third kappa shape index (κ3) is 7.41. The number of amides is 1. The van der Waals surface area contributed by atoms with E-state index in [2.05, 4.69) is 5.32 Å². The van der Waals surface area contributed by atoms with Crippen molar-refractivity contribution in [1.29, 1.82) is 10.5 Å². The number of hydrogen-bond acceptors (Lipinski definition) is 9. The Hall–Kier alpha value is -5.17. The van der Waals surface area contributed by atoms with Crippen LogP contribution in [0.15, 0.2) is 30.3 Å². The molecule has 0 aliphatic heterocycles. The number of benzene rings is 2. The maximum Gasteiger partial charge on any atom is 0.310 e. The van der Waals surface area contributed by atoms with Gasteiger partial charge in [-0.05, 0) is 11.6 Å². The standard InChI is InChI=1S/C25H24N6O7/c1-2-3-4-5-6-7-23(32)28-24-22(30(35)36)14-21(29(33)34)20(25(24)31(37)38)13-10-17-8-11-18(12-9-17)19(15-26)16-27/h8-12,14H,2-7,13H2,1H3,(H,28,32). The van der Waals surface area contributed by atoms with Crippen LogP contribution < -0.4 is 15.8 Å². The number of hydrogen-bond donors (Lipinski definition) is 1. The highest BCUT2D eigenvalue weighted by atomic mass is 16.6. The average Bonchev–Trinajstić information content (AvgIpc) is 2.88. The lowest BCUT2D eigenvalue weighted by molar-refractivity contribution is -0.402. The fraction of sp³-hybridized carbons (Fsp3) is 0.320. The predicted octanol–water partition coefficient (Wildman–Crippen LogP) is 3.93. The molecule has 1 amide bonds. The van der Waals surface area contributed by atoms with Gasteiger partial charge in [0, 0.05) is 18.1 Å². The molecule has 0 radical (unpaired) electrons. The molecule has 0 aromatic heterocycles. The van der Waals surface area contributed by atoms with E-state index < -0.39 is 49.0 Å². The summed E-state index contributed by atoms with van der Waals surface area (Å²) in [4.78, 5) is 45.0. The number of carbonyl (C=O) groups excluding carboxylic acids is 1. The Morgan fingerprint density at radius 3 is 2.05 bits per heavy atom. The summed E-state index contributed by atoms with van der Waals surface area (Å²) in [7, 11) is 0. The van der Waals surface area contributed by atoms with E-state index in [-0.39, 0.29) is 18.4 Å². The Kier molecular flexibility index (Phi) is 10.6. The van der Waals surface area contributed by atoms with Gasteiger partial charge in [0.25, 0.3) is 5.69 Å². The zero-order chi connectivity index (χ0) is 28.2. The average molecular weight is 521 g/mol. The maximum atomic E-state index is 12.5. The van der Waals surface area contributed by atoms with Crippen LogP contribution in [0.1, 0.15) is 51.0 Å². The summed E-state index contributed by atoms with van der Waals surface area (Å²) in [6.07, 6.45) is 5.14. The van der Waals surface area contributed by atoms with E-state index in [0.717, 1.165) is 25.7 Å². The second-order valence-corrected chi connectivity index (χ2v) is 8.23. The molecule has 0 heterocycles. The van der Waals surface area contributed by atoms with Crippen molar-refractivity contribution in [1.82, 2.24) is 0 Å². The van der Waals surface area contributed by atoms with Gasteiger partial charge in [-0.1, -0.05) is 62.9 Å². The number of rotatable bonds is 12. The molecule has 2 rings (SSSR count). The number of anilines is 1. The van der Waals surface area contributed by atoms with Crippen molar-refractivity contribution >= 4 is 40.3 Å². The molecule has 1 N–H and O–H groups in total. The lowest BCUT2D eigenvalue weighted by atomic mass is 10.0. The summed E-state index contributed by atoms with van der Waals surface area (Å²) in [5, 5.41) is 56.4. The summed E-state index contributed by atoms with van der Waals surface area (Å²) in [6, 6.07) is 10.1. The lowest BCUT2D eigenvalue weighted by Crippen LogP contribution is -2.16. The third-order valence-electron chi connectivity index (χ3n) is 5.67. The topological polar surface area (TPSA) is 206 Å². The number of nitro benzene ring substituents is 3. The van der Waals surface area contributed by atoms with Crippen LogP contribution in [0.5, 0.6) is 0 Å². The Balaban J connectivity index is 2.58. The first-order valence-corrected chi connectivity index (χ1v) is 11.7. The van der Waals surface area contributed by atoms with Crippen molar-refractivity contribution < 1.29 is 19.6 Å². The summed E-state index contributed by atoms with van der Waals surface area (Å²) in [5.74, 6) is -0.672. The molecule has 0 saturated heterocycles. The summed E-state index contributed by atoms with van der Waals surface area (Å²) in [5.41, 5.74) is -3.96. The highest BCUT2D eigenvalue weighted by Crippen LogP contribution is 2.43. The molecule has 0 fully saturated rings. The first kappa shape index (κ1) is 29.1. The summed E-state index contributed by atoms with van der Waals surface area (Å²) in [6.45, 7) is 2.03. The van der Waals surface area contributed by atoms with Gasteiger partial charge < -0.3 is 5.32 Å². The molecule has 196 valence electrons. The number of unbranched alkanes of at least 4 members (excludes halogenated alkanes) is 4. The van der Waals surface area contributed by atoms with E-state index in [4.69, 9.17) is 10.5 Å². The van der Waals surface area contributed by atoms with E-state index in [0.29, 0.717) is 22.9 Å². The molecule has 0 saturated carbocycles. The largest absolute Gasteiger partial charge is 0.315 e. The minimum atomic E-state index is -1.01. The van der Waals surface area contributed by atoms with Crippen LogP contribution in [0.3, 0.4) is 0 Å². The predicted molar refractivity (Wildman–Crippen MR) is 137 cm³/mol. The molecule has 0 unspecified atom stereocenters. The molecule has 0 atom stereocenters. The van der Waals surface area contributed by atoms with E-state index in [1.165, 1.54) is 30.3 Å². The van der Waals surface area contributed by atoms with E-state index >= 15 is 0 Å². The monoisotopic (exact) mass is 520 g/mol. The van der Waals surface area contributed by atoms with Crippen LogP contribution in [0, 0.1) is 53.0 Å². The number of carbonyl (C=O) groups is 1. The molecule has 0 aliphatic rings. The highest BCUT2D eigenvalue weighted by Gasteiger charge is 2.37. The molecule has 38 heavy (non-hydrogen) atoms. The summed E-state index contributed by atoms with van der Waals surface area (Å²) >= 11 is 0. The van der Waals surface area contributed by atoms with Gasteiger partial charge in [-0.3, -0.25) is 35.1 Å². The molecular formula is C25H24N6O7. The van der Waals surface area contributed by atoms with Crippen LogP contribution in [0.2, 0.25) is 0 Å². The Bertz CT molecular complexity index is 1430. The minimum absolute atomic E-state index is 0.0206. The maximum absolute atomic E-state index is 12.5. The quantitative estimate of drug-likeness (QED) is 0.244. The fourth-order valence-corrected chi connectivity index (χ4v) is 3.77. The van der Waals surface area contributed by atoms with Gasteiger partial charge in [0.15, 0.2) is 5.69 Å². The number of nitrogens with one attached hydrogen (secondary N) is 1. The van der Waals surface area contributed by atoms with E-state index in [9.17, 15) is 35.1 Å². The molecule has 2 aromatic carbocycles. The number of nitro groups is 3. The SMILES string of the molecule is CCCCCCCC(=O)Nc1c([N+](=O)[O-])cc([N+](=O)[O-])c(CC=c2ccc(=C(C#N)C#N)cc2)c1[N+](=O)[O-]. The van der Waals surface area contributed by atoms with Crippen molar-refractivity contribution in [2.24, 2.45) is 0 Å².